The lowest BCUT2D eigenvalue weighted by Crippen LogP contribution is -2.11. The van der Waals surface area contributed by atoms with Gasteiger partial charge in [0.15, 0.2) is 0 Å². The highest BCUT2D eigenvalue weighted by Gasteiger charge is 2.21. The van der Waals surface area contributed by atoms with Gasteiger partial charge in [-0.25, -0.2) is 0 Å². The summed E-state index contributed by atoms with van der Waals surface area (Å²) in [4.78, 5) is 2.42. The van der Waals surface area contributed by atoms with Crippen molar-refractivity contribution in [2.75, 3.05) is 4.90 Å². The van der Waals surface area contributed by atoms with Crippen molar-refractivity contribution in [2.45, 2.75) is 0 Å². The summed E-state index contributed by atoms with van der Waals surface area (Å²) in [6.45, 7) is 0. The van der Waals surface area contributed by atoms with Crippen LogP contribution < -0.4 is 4.90 Å². The third kappa shape index (κ3) is 6.74. The summed E-state index contributed by atoms with van der Waals surface area (Å²) < 4.78 is 2.39. The zero-order valence-corrected chi connectivity index (χ0v) is 34.1. The molecule has 0 aliphatic heterocycles. The summed E-state index contributed by atoms with van der Waals surface area (Å²) in [5, 5.41) is 2.50. The molecule has 292 valence electrons. The molecule has 1 heterocycles. The van der Waals surface area contributed by atoms with Crippen LogP contribution >= 0.6 is 0 Å². The van der Waals surface area contributed by atoms with Crippen LogP contribution in [0.4, 0.5) is 17.1 Å². The van der Waals surface area contributed by atoms with Crippen molar-refractivity contribution in [3.63, 3.8) is 0 Å². The number of nitrogens with zero attached hydrogens (tertiary/aromatic N) is 2. The Morgan fingerprint density at radius 2 is 0.742 bits per heavy atom. The number of benzene rings is 10. The molecular formula is C60H42N2. The number of rotatable bonds is 9. The fraction of sp³-hybridized carbons (Fsp3) is 0. The van der Waals surface area contributed by atoms with Crippen LogP contribution in [0, 0.1) is 0 Å². The first-order valence-electron chi connectivity index (χ1n) is 21.3. The van der Waals surface area contributed by atoms with Gasteiger partial charge in [-0.15, -0.1) is 0 Å². The minimum atomic E-state index is 1.08. The first kappa shape index (κ1) is 36.8. The quantitative estimate of drug-likeness (QED) is 0.141. The van der Waals surface area contributed by atoms with Crippen LogP contribution in [0.15, 0.2) is 255 Å². The highest BCUT2D eigenvalue weighted by molar-refractivity contribution is 6.10. The summed E-state index contributed by atoms with van der Waals surface area (Å²) in [6.07, 6.45) is 0. The molecule has 2 nitrogen and oxygen atoms in total. The number of aromatic nitrogens is 1. The van der Waals surface area contributed by atoms with Gasteiger partial charge in [-0.05, 0) is 105 Å². The molecule has 0 unspecified atom stereocenters. The molecule has 2 heteroatoms. The van der Waals surface area contributed by atoms with E-state index in [1.807, 2.05) is 0 Å². The summed E-state index contributed by atoms with van der Waals surface area (Å²) >= 11 is 0. The van der Waals surface area contributed by atoms with Gasteiger partial charge in [-0.1, -0.05) is 200 Å². The largest absolute Gasteiger partial charge is 0.310 e. The lowest BCUT2D eigenvalue weighted by Gasteiger charge is -2.29. The lowest BCUT2D eigenvalue weighted by atomic mass is 9.88. The van der Waals surface area contributed by atoms with Crippen LogP contribution in [0.1, 0.15) is 0 Å². The normalized spacial score (nSPS) is 11.2. The van der Waals surface area contributed by atoms with Crippen LogP contribution in [0.5, 0.6) is 0 Å². The third-order valence-corrected chi connectivity index (χ3v) is 12.0. The molecule has 0 spiro atoms. The van der Waals surface area contributed by atoms with E-state index in [0.717, 1.165) is 33.9 Å². The number of anilines is 3. The molecule has 0 aliphatic rings. The molecule has 0 atom stereocenters. The Bertz CT molecular complexity index is 3330. The maximum atomic E-state index is 2.42. The van der Waals surface area contributed by atoms with Crippen molar-refractivity contribution in [1.82, 2.24) is 4.57 Å². The molecule has 11 rings (SSSR count). The van der Waals surface area contributed by atoms with E-state index >= 15 is 0 Å². The Hall–Kier alpha value is -8.20. The van der Waals surface area contributed by atoms with E-state index in [9.17, 15) is 0 Å². The van der Waals surface area contributed by atoms with Crippen molar-refractivity contribution >= 4 is 38.9 Å². The smallest absolute Gasteiger partial charge is 0.0547 e. The molecule has 0 aliphatic carbocycles. The average Bonchev–Trinajstić information content (AvgIpc) is 3.69. The van der Waals surface area contributed by atoms with Gasteiger partial charge in [0, 0.05) is 33.4 Å². The van der Waals surface area contributed by atoms with Crippen molar-refractivity contribution in [2.24, 2.45) is 0 Å². The zero-order valence-electron chi connectivity index (χ0n) is 34.1. The van der Waals surface area contributed by atoms with Gasteiger partial charge in [0.25, 0.3) is 0 Å². The van der Waals surface area contributed by atoms with Gasteiger partial charge >= 0.3 is 0 Å². The maximum Gasteiger partial charge on any atom is 0.0547 e. The predicted molar refractivity (Wildman–Crippen MR) is 263 cm³/mol. The minimum Gasteiger partial charge on any atom is -0.310 e. The van der Waals surface area contributed by atoms with Gasteiger partial charge in [-0.3, -0.25) is 0 Å². The summed E-state index contributed by atoms with van der Waals surface area (Å²) in [7, 11) is 0. The third-order valence-electron chi connectivity index (χ3n) is 12.0. The SMILES string of the molecule is c1ccc(-c2cccc(N(c3ccc(-c4ccc5c6ccccc6n(-c6ccccc6)c5c4)cc3)c3ccccc3-c3ccccc3-c3ccccc3-c3ccccc3)c2)cc1. The first-order valence-corrected chi connectivity index (χ1v) is 21.3. The van der Waals surface area contributed by atoms with Crippen molar-refractivity contribution in [3.8, 4) is 61.3 Å². The topological polar surface area (TPSA) is 8.17 Å². The van der Waals surface area contributed by atoms with E-state index in [2.05, 4.69) is 264 Å². The molecule has 0 N–H and O–H groups in total. The number of hydrogen-bond acceptors (Lipinski definition) is 1. The fourth-order valence-corrected chi connectivity index (χ4v) is 9.13. The molecule has 0 radical (unpaired) electrons. The van der Waals surface area contributed by atoms with Crippen molar-refractivity contribution in [3.05, 3.63) is 255 Å². The number of fused-ring (bicyclic) bond motifs is 3. The molecule has 1 aromatic heterocycles. The fourth-order valence-electron chi connectivity index (χ4n) is 9.13. The van der Waals surface area contributed by atoms with Gasteiger partial charge in [0.2, 0.25) is 0 Å². The molecule has 0 saturated heterocycles. The van der Waals surface area contributed by atoms with Gasteiger partial charge in [-0.2, -0.15) is 0 Å². The first-order chi connectivity index (χ1) is 30.8. The zero-order chi connectivity index (χ0) is 41.2. The van der Waals surface area contributed by atoms with Gasteiger partial charge in [0.1, 0.15) is 0 Å². The monoisotopic (exact) mass is 790 g/mol. The Morgan fingerprint density at radius 3 is 1.47 bits per heavy atom. The Labute approximate surface area is 362 Å². The van der Waals surface area contributed by atoms with Crippen LogP contribution in [-0.4, -0.2) is 4.57 Å². The van der Waals surface area contributed by atoms with Crippen LogP contribution in [-0.2, 0) is 0 Å². The predicted octanol–water partition coefficient (Wildman–Crippen LogP) is 16.6. The lowest BCUT2D eigenvalue weighted by molar-refractivity contribution is 1.18. The minimum absolute atomic E-state index is 1.08. The maximum absolute atomic E-state index is 2.42. The Balaban J connectivity index is 1.06. The van der Waals surface area contributed by atoms with Crippen LogP contribution in [0.2, 0.25) is 0 Å². The second-order valence-electron chi connectivity index (χ2n) is 15.7. The number of para-hydroxylation sites is 3. The standard InChI is InChI=1S/C60H42N2/c1-4-19-43(20-5-1)46-23-18-26-50(41-46)61(58-33-16-14-31-55(58)54-30-13-12-29-53(54)52-28-11-10-27-51(52)45-21-6-2-7-22-45)49-38-35-44(36-39-49)47-37-40-57-56-32-15-17-34-59(56)62(60(57)42-47)48-24-8-3-9-25-48/h1-42H. The second-order valence-corrected chi connectivity index (χ2v) is 15.7. The molecule has 0 saturated carbocycles. The summed E-state index contributed by atoms with van der Waals surface area (Å²) in [5.41, 5.74) is 18.6. The van der Waals surface area contributed by atoms with Crippen molar-refractivity contribution in [1.29, 1.82) is 0 Å². The molecule has 0 bridgehead atoms. The van der Waals surface area contributed by atoms with E-state index in [1.165, 1.54) is 66.3 Å². The average molecular weight is 791 g/mol. The molecule has 0 fully saturated rings. The van der Waals surface area contributed by atoms with Gasteiger partial charge in [0.05, 0.1) is 16.7 Å². The van der Waals surface area contributed by atoms with E-state index in [-0.39, 0.29) is 0 Å². The van der Waals surface area contributed by atoms with E-state index < -0.39 is 0 Å². The molecular weight excluding hydrogens is 749 g/mol. The van der Waals surface area contributed by atoms with E-state index in [1.54, 1.807) is 0 Å². The van der Waals surface area contributed by atoms with Crippen LogP contribution in [0.25, 0.3) is 83.1 Å². The highest BCUT2D eigenvalue weighted by atomic mass is 15.1. The Kier molecular flexibility index (Phi) is 9.57. The number of hydrogen-bond donors (Lipinski definition) is 0. The second kappa shape index (κ2) is 16.1. The summed E-state index contributed by atoms with van der Waals surface area (Å²) in [6, 6.07) is 92.1. The van der Waals surface area contributed by atoms with E-state index in [4.69, 9.17) is 0 Å². The highest BCUT2D eigenvalue weighted by Crippen LogP contribution is 2.46. The molecule has 62 heavy (non-hydrogen) atoms. The van der Waals surface area contributed by atoms with Crippen LogP contribution in [0.3, 0.4) is 0 Å². The molecule has 10 aromatic carbocycles. The van der Waals surface area contributed by atoms with E-state index in [0.29, 0.717) is 0 Å². The Morgan fingerprint density at radius 1 is 0.258 bits per heavy atom. The molecule has 11 aromatic rings. The molecule has 0 amide bonds. The van der Waals surface area contributed by atoms with Gasteiger partial charge < -0.3 is 9.47 Å². The van der Waals surface area contributed by atoms with Crippen molar-refractivity contribution < 1.29 is 0 Å². The summed E-state index contributed by atoms with van der Waals surface area (Å²) in [5.74, 6) is 0.